The number of aromatic nitrogens is 1. The number of carboxylic acids is 1. The molecule has 178 valence electrons. The van der Waals surface area contributed by atoms with Gasteiger partial charge in [-0.2, -0.15) is 0 Å². The molecule has 0 aliphatic carbocycles. The number of aliphatic carboxylic acids is 1. The molecule has 4 nitrogen and oxygen atoms in total. The third-order valence-electron chi connectivity index (χ3n) is 4.36. The molecule has 0 aliphatic heterocycles. The lowest BCUT2D eigenvalue weighted by molar-refractivity contribution is -0.134. The third-order valence-corrected chi connectivity index (χ3v) is 5.18. The molecule has 0 spiro atoms. The van der Waals surface area contributed by atoms with Crippen LogP contribution in [0.25, 0.3) is 11.1 Å². The maximum absolute atomic E-state index is 12.2. The van der Waals surface area contributed by atoms with Crippen LogP contribution < -0.4 is 0 Å². The molecule has 0 fully saturated rings. The van der Waals surface area contributed by atoms with Crippen molar-refractivity contribution in [1.82, 2.24) is 4.98 Å². The van der Waals surface area contributed by atoms with Gasteiger partial charge in [0.15, 0.2) is 0 Å². The first-order valence-electron chi connectivity index (χ1n) is 10.7. The number of hydrogen-bond donors (Lipinski definition) is 2. The standard InChI is InChI=1S/C15H13NO.C12H8Cl2.C2H4O2/c17-15(13-9-5-4-6-10-13)14-11-7-2-1-3-8-12-16-14;13-11-8-4-7-10(12(11)14)9-5-2-1-3-6-9;1-2(3)4/h1-12,16H;1-8H;1H3,(H,3,4). The van der Waals surface area contributed by atoms with Crippen LogP contribution in [0.1, 0.15) is 23.0 Å². The van der Waals surface area contributed by atoms with Gasteiger partial charge in [0.1, 0.15) is 0 Å². The Balaban J connectivity index is 0.000000217. The first-order chi connectivity index (χ1) is 16.9. The summed E-state index contributed by atoms with van der Waals surface area (Å²) in [5, 5.41) is 8.62. The van der Waals surface area contributed by atoms with Gasteiger partial charge in [0.2, 0.25) is 5.78 Å². The fourth-order valence-electron chi connectivity index (χ4n) is 2.82. The molecule has 35 heavy (non-hydrogen) atoms. The summed E-state index contributed by atoms with van der Waals surface area (Å²) in [6.07, 6.45) is 1.75. The smallest absolute Gasteiger partial charge is 0.300 e. The fourth-order valence-corrected chi connectivity index (χ4v) is 3.23. The number of ketones is 1. The van der Waals surface area contributed by atoms with Gasteiger partial charge >= 0.3 is 0 Å². The van der Waals surface area contributed by atoms with E-state index in [1.807, 2.05) is 103 Å². The number of carbonyl (C=O) groups is 2. The van der Waals surface area contributed by atoms with Crippen molar-refractivity contribution in [2.75, 3.05) is 0 Å². The van der Waals surface area contributed by atoms with E-state index in [2.05, 4.69) is 4.98 Å². The molecule has 2 N–H and O–H groups in total. The van der Waals surface area contributed by atoms with Crippen LogP contribution in [0.4, 0.5) is 0 Å². The molecular formula is C29H25Cl2NO3. The number of carbonyl (C=O) groups excluding carboxylic acids is 1. The van der Waals surface area contributed by atoms with E-state index in [1.165, 1.54) is 0 Å². The van der Waals surface area contributed by atoms with Crippen LogP contribution in [-0.2, 0) is 4.79 Å². The van der Waals surface area contributed by atoms with Crippen LogP contribution in [0.5, 0.6) is 0 Å². The molecule has 0 bridgehead atoms. The van der Waals surface area contributed by atoms with Crippen LogP contribution in [0.3, 0.4) is 0 Å². The van der Waals surface area contributed by atoms with E-state index in [4.69, 9.17) is 33.1 Å². The van der Waals surface area contributed by atoms with Crippen molar-refractivity contribution >= 4 is 35.0 Å². The quantitative estimate of drug-likeness (QED) is 0.276. The Morgan fingerprint density at radius 3 is 1.86 bits per heavy atom. The van der Waals surface area contributed by atoms with Crippen molar-refractivity contribution in [2.24, 2.45) is 0 Å². The van der Waals surface area contributed by atoms with E-state index >= 15 is 0 Å². The summed E-state index contributed by atoms with van der Waals surface area (Å²) < 4.78 is 0. The van der Waals surface area contributed by atoms with Gasteiger partial charge in [0.05, 0.1) is 15.7 Å². The molecule has 0 saturated carbocycles. The molecular weight excluding hydrogens is 481 g/mol. The molecule has 4 rings (SSSR count). The summed E-state index contributed by atoms with van der Waals surface area (Å²) in [7, 11) is 0. The van der Waals surface area contributed by atoms with E-state index in [9.17, 15) is 4.79 Å². The lowest BCUT2D eigenvalue weighted by Gasteiger charge is -2.04. The second-order valence-electron chi connectivity index (χ2n) is 7.04. The Kier molecular flexibility index (Phi) is 11.8. The van der Waals surface area contributed by atoms with Gasteiger partial charge in [-0.3, -0.25) is 9.59 Å². The Morgan fingerprint density at radius 2 is 1.20 bits per heavy atom. The zero-order valence-electron chi connectivity index (χ0n) is 19.1. The Hall–Kier alpha value is -3.86. The van der Waals surface area contributed by atoms with Crippen molar-refractivity contribution in [3.63, 3.8) is 0 Å². The predicted molar refractivity (Wildman–Crippen MR) is 144 cm³/mol. The molecule has 0 radical (unpaired) electrons. The normalized spacial score (nSPS) is 9.34. The average molecular weight is 506 g/mol. The zero-order valence-corrected chi connectivity index (χ0v) is 20.6. The van der Waals surface area contributed by atoms with Crippen LogP contribution in [-0.4, -0.2) is 21.8 Å². The summed E-state index contributed by atoms with van der Waals surface area (Å²) in [6.45, 7) is 1.08. The van der Waals surface area contributed by atoms with Gasteiger partial charge in [-0.15, -0.1) is 0 Å². The largest absolute Gasteiger partial charge is 0.481 e. The van der Waals surface area contributed by atoms with Gasteiger partial charge in [-0.05, 0) is 23.8 Å². The minimum atomic E-state index is -0.833. The maximum Gasteiger partial charge on any atom is 0.300 e. The number of halogens is 2. The van der Waals surface area contributed by atoms with E-state index in [1.54, 1.807) is 18.3 Å². The zero-order chi connectivity index (χ0) is 25.5. The Bertz CT molecular complexity index is 1240. The minimum Gasteiger partial charge on any atom is -0.481 e. The van der Waals surface area contributed by atoms with Gasteiger partial charge in [0, 0.05) is 24.2 Å². The predicted octanol–water partition coefficient (Wildman–Crippen LogP) is 8.12. The van der Waals surface area contributed by atoms with Gasteiger partial charge in [0.25, 0.3) is 5.97 Å². The van der Waals surface area contributed by atoms with E-state index < -0.39 is 5.97 Å². The van der Waals surface area contributed by atoms with Crippen molar-refractivity contribution in [3.8, 4) is 11.1 Å². The molecule has 0 unspecified atom stereocenters. The maximum atomic E-state index is 12.2. The van der Waals surface area contributed by atoms with E-state index in [-0.39, 0.29) is 5.78 Å². The number of rotatable bonds is 3. The second kappa shape index (κ2) is 15.1. The highest BCUT2D eigenvalue weighted by Gasteiger charge is 2.06. The highest BCUT2D eigenvalue weighted by atomic mass is 35.5. The van der Waals surface area contributed by atoms with Crippen molar-refractivity contribution < 1.29 is 14.7 Å². The number of nitrogens with one attached hydrogen (secondary N) is 1. The summed E-state index contributed by atoms with van der Waals surface area (Å²) in [4.78, 5) is 24.1. The average Bonchev–Trinajstić information content (AvgIpc) is 3.01. The lowest BCUT2D eigenvalue weighted by Crippen LogP contribution is -2.01. The van der Waals surface area contributed by atoms with Crippen molar-refractivity contribution in [1.29, 1.82) is 0 Å². The van der Waals surface area contributed by atoms with Crippen LogP contribution in [0.2, 0.25) is 10.0 Å². The van der Waals surface area contributed by atoms with Crippen LogP contribution >= 0.6 is 23.2 Å². The first-order valence-corrected chi connectivity index (χ1v) is 11.4. The minimum absolute atomic E-state index is 0.0122. The van der Waals surface area contributed by atoms with Gasteiger partial charge in [-0.1, -0.05) is 120 Å². The molecule has 0 atom stereocenters. The molecule has 1 heterocycles. The molecule has 3 aromatic carbocycles. The van der Waals surface area contributed by atoms with E-state index in [0.717, 1.165) is 18.1 Å². The summed E-state index contributed by atoms with van der Waals surface area (Å²) in [5.41, 5.74) is 3.30. The topological polar surface area (TPSA) is 70.2 Å². The number of benzene rings is 3. The summed E-state index contributed by atoms with van der Waals surface area (Å²) in [6, 6.07) is 36.0. The van der Waals surface area contributed by atoms with Crippen molar-refractivity contribution in [3.05, 3.63) is 143 Å². The highest BCUT2D eigenvalue weighted by Crippen LogP contribution is 2.32. The molecule has 0 aliphatic rings. The van der Waals surface area contributed by atoms with Gasteiger partial charge < -0.3 is 10.1 Å². The van der Waals surface area contributed by atoms with Crippen molar-refractivity contribution in [2.45, 2.75) is 6.92 Å². The highest BCUT2D eigenvalue weighted by molar-refractivity contribution is 6.43. The number of hydrogen-bond acceptors (Lipinski definition) is 2. The van der Waals surface area contributed by atoms with Crippen LogP contribution in [0.15, 0.2) is 121 Å². The number of H-pyrrole nitrogens is 1. The molecule has 0 saturated heterocycles. The Labute approximate surface area is 215 Å². The number of carboxylic acid groups (broad SMARTS) is 1. The molecule has 6 heteroatoms. The monoisotopic (exact) mass is 505 g/mol. The van der Waals surface area contributed by atoms with E-state index in [0.29, 0.717) is 21.3 Å². The summed E-state index contributed by atoms with van der Waals surface area (Å²) >= 11 is 12.0. The third kappa shape index (κ3) is 9.88. The van der Waals surface area contributed by atoms with Crippen LogP contribution in [0, 0.1) is 0 Å². The lowest BCUT2D eigenvalue weighted by atomic mass is 10.1. The fraction of sp³-hybridized carbons (Fsp3) is 0.0345. The molecule has 1 aromatic heterocycles. The Morgan fingerprint density at radius 1 is 0.686 bits per heavy atom. The molecule has 0 amide bonds. The first kappa shape index (κ1) is 27.4. The van der Waals surface area contributed by atoms with Gasteiger partial charge in [-0.25, -0.2) is 0 Å². The number of aromatic amines is 1. The summed E-state index contributed by atoms with van der Waals surface area (Å²) in [5.74, 6) is -0.846. The second-order valence-corrected chi connectivity index (χ2v) is 7.82. The molecule has 4 aromatic rings. The SMILES string of the molecule is CC(=O)O.Clc1cccc(-c2ccccc2)c1Cl.O=C(c1ccccc1)c1ccccccc[nH]1.